The Morgan fingerprint density at radius 3 is 2.55 bits per heavy atom. The van der Waals surface area contributed by atoms with Crippen molar-refractivity contribution in [3.63, 3.8) is 0 Å². The molecule has 2 aromatic rings. The third kappa shape index (κ3) is 5.94. The standard InChI is InChI=1S/C21H22F3N3O4/c1-26(14-15-4-2-5-16(12-15)17-6-3-7-25-13-17)20(29)31-18(21(22,23)24)19(28)27-8-10-30-11-9-27/h2-7,12-13,18H,8-11,14H2,1H3. The van der Waals surface area contributed by atoms with Crippen molar-refractivity contribution < 1.29 is 32.2 Å². The maximum absolute atomic E-state index is 13.4. The Morgan fingerprint density at radius 1 is 1.19 bits per heavy atom. The van der Waals surface area contributed by atoms with Gasteiger partial charge in [0.1, 0.15) is 0 Å². The van der Waals surface area contributed by atoms with Gasteiger partial charge in [-0.15, -0.1) is 0 Å². The minimum atomic E-state index is -5.02. The summed E-state index contributed by atoms with van der Waals surface area (Å²) in [7, 11) is 1.31. The first-order valence-electron chi connectivity index (χ1n) is 9.60. The fraction of sp³-hybridized carbons (Fsp3) is 0.381. The van der Waals surface area contributed by atoms with Crippen LogP contribution in [0.15, 0.2) is 48.8 Å². The monoisotopic (exact) mass is 437 g/mol. The van der Waals surface area contributed by atoms with Crippen LogP contribution < -0.4 is 0 Å². The number of hydrogen-bond donors (Lipinski definition) is 0. The lowest BCUT2D eigenvalue weighted by Crippen LogP contribution is -2.52. The van der Waals surface area contributed by atoms with E-state index in [0.29, 0.717) is 5.56 Å². The molecule has 0 aliphatic carbocycles. The van der Waals surface area contributed by atoms with Crippen molar-refractivity contribution in [2.24, 2.45) is 0 Å². The number of carbonyl (C=O) groups is 2. The quantitative estimate of drug-likeness (QED) is 0.719. The second kappa shape index (κ2) is 9.78. The lowest BCUT2D eigenvalue weighted by Gasteiger charge is -2.31. The Labute approximate surface area is 177 Å². The number of pyridine rings is 1. The van der Waals surface area contributed by atoms with Gasteiger partial charge in [0.15, 0.2) is 0 Å². The van der Waals surface area contributed by atoms with Gasteiger partial charge in [0.05, 0.1) is 13.2 Å². The Hall–Kier alpha value is -3.14. The second-order valence-corrected chi connectivity index (χ2v) is 7.04. The minimum absolute atomic E-state index is 0.00323. The van der Waals surface area contributed by atoms with Gasteiger partial charge >= 0.3 is 12.3 Å². The number of amides is 2. The Kier molecular flexibility index (Phi) is 7.11. The minimum Gasteiger partial charge on any atom is -0.426 e. The predicted octanol–water partition coefficient (Wildman–Crippen LogP) is 3.11. The summed E-state index contributed by atoms with van der Waals surface area (Å²) < 4.78 is 50.0. The van der Waals surface area contributed by atoms with Crippen LogP contribution in [0.5, 0.6) is 0 Å². The van der Waals surface area contributed by atoms with Crippen molar-refractivity contribution in [1.82, 2.24) is 14.8 Å². The molecule has 2 amide bonds. The first-order chi connectivity index (χ1) is 14.8. The third-order valence-corrected chi connectivity index (χ3v) is 4.72. The fourth-order valence-corrected chi connectivity index (χ4v) is 3.12. The summed E-state index contributed by atoms with van der Waals surface area (Å²) in [6, 6.07) is 10.8. The van der Waals surface area contributed by atoms with Crippen LogP contribution in [-0.4, -0.2) is 72.4 Å². The smallest absolute Gasteiger partial charge is 0.426 e. The lowest BCUT2D eigenvalue weighted by molar-refractivity contribution is -0.213. The molecule has 0 saturated carbocycles. The normalized spacial score (nSPS) is 15.3. The zero-order chi connectivity index (χ0) is 22.4. The van der Waals surface area contributed by atoms with E-state index in [4.69, 9.17) is 4.74 Å². The van der Waals surface area contributed by atoms with Crippen molar-refractivity contribution in [1.29, 1.82) is 0 Å². The second-order valence-electron chi connectivity index (χ2n) is 7.04. The zero-order valence-corrected chi connectivity index (χ0v) is 16.8. The van der Waals surface area contributed by atoms with Gasteiger partial charge in [0.2, 0.25) is 0 Å². The van der Waals surface area contributed by atoms with Crippen LogP contribution in [-0.2, 0) is 20.8 Å². The van der Waals surface area contributed by atoms with Gasteiger partial charge in [0.25, 0.3) is 12.0 Å². The van der Waals surface area contributed by atoms with E-state index in [0.717, 1.165) is 20.9 Å². The van der Waals surface area contributed by atoms with Gasteiger partial charge in [-0.25, -0.2) is 4.79 Å². The number of aromatic nitrogens is 1. The molecule has 1 fully saturated rings. The Bertz CT molecular complexity index is 902. The molecule has 10 heteroatoms. The van der Waals surface area contributed by atoms with E-state index in [1.54, 1.807) is 36.7 Å². The Morgan fingerprint density at radius 2 is 1.90 bits per heavy atom. The molecule has 1 saturated heterocycles. The summed E-state index contributed by atoms with van der Waals surface area (Å²) in [6.07, 6.45) is -5.79. The van der Waals surface area contributed by atoms with Crippen LogP contribution in [0.3, 0.4) is 0 Å². The van der Waals surface area contributed by atoms with E-state index in [9.17, 15) is 22.8 Å². The molecule has 31 heavy (non-hydrogen) atoms. The Balaban J connectivity index is 1.67. The van der Waals surface area contributed by atoms with E-state index in [1.807, 2.05) is 12.1 Å². The highest BCUT2D eigenvalue weighted by Gasteiger charge is 2.50. The highest BCUT2D eigenvalue weighted by molar-refractivity contribution is 5.84. The summed E-state index contributed by atoms with van der Waals surface area (Å²) in [5.74, 6) is -1.30. The number of morpholine rings is 1. The third-order valence-electron chi connectivity index (χ3n) is 4.72. The SMILES string of the molecule is CN(Cc1cccc(-c2cccnc2)c1)C(=O)OC(C(=O)N1CCOCC1)C(F)(F)F. The van der Waals surface area contributed by atoms with Crippen molar-refractivity contribution in [2.45, 2.75) is 18.8 Å². The molecule has 0 bridgehead atoms. The predicted molar refractivity (Wildman–Crippen MR) is 105 cm³/mol. The molecule has 0 radical (unpaired) electrons. The van der Waals surface area contributed by atoms with Crippen LogP contribution in [0.2, 0.25) is 0 Å². The van der Waals surface area contributed by atoms with Gasteiger partial charge < -0.3 is 19.3 Å². The number of carbonyl (C=O) groups excluding carboxylic acids is 2. The number of hydrogen-bond acceptors (Lipinski definition) is 5. The van der Waals surface area contributed by atoms with Gasteiger partial charge in [-0.05, 0) is 28.8 Å². The highest BCUT2D eigenvalue weighted by atomic mass is 19.4. The summed E-state index contributed by atoms with van der Waals surface area (Å²) in [4.78, 5) is 30.7. The number of benzene rings is 1. The number of halogens is 3. The molecule has 166 valence electrons. The van der Waals surface area contributed by atoms with Crippen molar-refractivity contribution in [3.05, 3.63) is 54.4 Å². The summed E-state index contributed by atoms with van der Waals surface area (Å²) in [5.41, 5.74) is 2.40. The molecule has 1 aromatic carbocycles. The first-order valence-corrected chi connectivity index (χ1v) is 9.60. The molecule has 0 N–H and O–H groups in total. The van der Waals surface area contributed by atoms with Crippen LogP contribution in [0.1, 0.15) is 5.56 Å². The van der Waals surface area contributed by atoms with Crippen LogP contribution in [0.4, 0.5) is 18.0 Å². The van der Waals surface area contributed by atoms with Crippen LogP contribution >= 0.6 is 0 Å². The molecule has 3 rings (SSSR count). The summed E-state index contributed by atoms with van der Waals surface area (Å²) in [5, 5.41) is 0. The van der Waals surface area contributed by atoms with E-state index in [-0.39, 0.29) is 32.8 Å². The van der Waals surface area contributed by atoms with E-state index >= 15 is 0 Å². The lowest BCUT2D eigenvalue weighted by atomic mass is 10.0. The number of alkyl halides is 3. The van der Waals surface area contributed by atoms with Crippen molar-refractivity contribution in [3.8, 4) is 11.1 Å². The maximum atomic E-state index is 13.4. The summed E-state index contributed by atoms with van der Waals surface area (Å²) in [6.45, 7) is 0.304. The molecule has 1 aromatic heterocycles. The van der Waals surface area contributed by atoms with Gasteiger partial charge in [0, 0.05) is 39.1 Å². The van der Waals surface area contributed by atoms with Crippen molar-refractivity contribution in [2.75, 3.05) is 33.4 Å². The summed E-state index contributed by atoms with van der Waals surface area (Å²) >= 11 is 0. The average Bonchev–Trinajstić information content (AvgIpc) is 2.77. The highest BCUT2D eigenvalue weighted by Crippen LogP contribution is 2.26. The largest absolute Gasteiger partial charge is 0.434 e. The van der Waals surface area contributed by atoms with Crippen molar-refractivity contribution >= 4 is 12.0 Å². The zero-order valence-electron chi connectivity index (χ0n) is 16.8. The molecule has 1 aliphatic rings. The molecule has 7 nitrogen and oxygen atoms in total. The average molecular weight is 437 g/mol. The number of rotatable bonds is 5. The molecular formula is C21H22F3N3O4. The molecule has 2 heterocycles. The fourth-order valence-electron chi connectivity index (χ4n) is 3.12. The van der Waals surface area contributed by atoms with E-state index < -0.39 is 24.3 Å². The maximum Gasteiger partial charge on any atom is 0.434 e. The van der Waals surface area contributed by atoms with Crippen LogP contribution in [0, 0.1) is 0 Å². The van der Waals surface area contributed by atoms with Gasteiger partial charge in [-0.1, -0.05) is 24.3 Å². The molecular weight excluding hydrogens is 415 g/mol. The first kappa shape index (κ1) is 22.5. The van der Waals surface area contributed by atoms with E-state index in [1.165, 1.54) is 7.05 Å². The van der Waals surface area contributed by atoms with Gasteiger partial charge in [-0.3, -0.25) is 9.78 Å². The van der Waals surface area contributed by atoms with Crippen LogP contribution in [0.25, 0.3) is 11.1 Å². The number of ether oxygens (including phenoxy) is 2. The molecule has 1 atom stereocenters. The van der Waals surface area contributed by atoms with Gasteiger partial charge in [-0.2, -0.15) is 13.2 Å². The molecule has 1 aliphatic heterocycles. The molecule has 0 spiro atoms. The van der Waals surface area contributed by atoms with E-state index in [2.05, 4.69) is 9.72 Å². The topological polar surface area (TPSA) is 72.0 Å². The number of nitrogens with zero attached hydrogens (tertiary/aromatic N) is 3. The molecule has 1 unspecified atom stereocenters.